The van der Waals surface area contributed by atoms with Crippen molar-refractivity contribution in [1.29, 1.82) is 0 Å². The molecular weight excluding hydrogens is 322 g/mol. The maximum atomic E-state index is 12.9. The van der Waals surface area contributed by atoms with E-state index < -0.39 is 5.97 Å². The standard InChI is InChI=1S/C17H17N5O3/c1-10-2-3-13-15(19-10)22(12-5-7-21(13)9-12)17(25)20-14-8-11(16(23)24)4-6-18-14/h2-4,6,8,12H,5,7,9H2,1H3,(H,23,24)(H,18,20,25). The van der Waals surface area contributed by atoms with Gasteiger partial charge in [-0.25, -0.2) is 19.6 Å². The molecule has 0 saturated carbocycles. The number of carboxylic acids is 1. The second-order valence-corrected chi connectivity index (χ2v) is 6.22. The molecule has 2 bridgehead atoms. The first kappa shape index (κ1) is 15.4. The second kappa shape index (κ2) is 5.73. The van der Waals surface area contributed by atoms with Gasteiger partial charge in [-0.2, -0.15) is 0 Å². The summed E-state index contributed by atoms with van der Waals surface area (Å²) in [6.45, 7) is 3.55. The molecule has 2 amide bonds. The number of rotatable bonds is 2. The maximum absolute atomic E-state index is 12.9. The second-order valence-electron chi connectivity index (χ2n) is 6.22. The SMILES string of the molecule is Cc1ccc2c(n1)N(C(=O)Nc1cc(C(=O)O)ccn1)C1CCN2C1. The molecule has 2 aliphatic rings. The Morgan fingerprint density at radius 1 is 1.32 bits per heavy atom. The quantitative estimate of drug-likeness (QED) is 0.869. The van der Waals surface area contributed by atoms with Crippen LogP contribution in [0, 0.1) is 6.92 Å². The van der Waals surface area contributed by atoms with Gasteiger partial charge in [-0.1, -0.05) is 0 Å². The average molecular weight is 339 g/mol. The van der Waals surface area contributed by atoms with Gasteiger partial charge in [0.15, 0.2) is 5.82 Å². The Labute approximate surface area is 144 Å². The Kier molecular flexibility index (Phi) is 3.52. The van der Waals surface area contributed by atoms with Crippen molar-refractivity contribution < 1.29 is 14.7 Å². The lowest BCUT2D eigenvalue weighted by atomic mass is 10.2. The van der Waals surface area contributed by atoms with Crippen LogP contribution in [-0.4, -0.2) is 46.2 Å². The van der Waals surface area contributed by atoms with Gasteiger partial charge in [0.25, 0.3) is 0 Å². The third-order valence-electron chi connectivity index (χ3n) is 4.55. The van der Waals surface area contributed by atoms with E-state index in [1.807, 2.05) is 19.1 Å². The van der Waals surface area contributed by atoms with Gasteiger partial charge in [-0.15, -0.1) is 0 Å². The van der Waals surface area contributed by atoms with E-state index in [0.717, 1.165) is 30.9 Å². The Bertz CT molecular complexity index is 869. The van der Waals surface area contributed by atoms with Gasteiger partial charge in [-0.05, 0) is 37.6 Å². The van der Waals surface area contributed by atoms with E-state index in [1.165, 1.54) is 18.3 Å². The molecule has 2 aromatic heterocycles. The number of hydrogen-bond acceptors (Lipinski definition) is 5. The number of hydrogen-bond donors (Lipinski definition) is 2. The van der Waals surface area contributed by atoms with Crippen molar-refractivity contribution in [2.45, 2.75) is 19.4 Å². The molecule has 8 heteroatoms. The summed E-state index contributed by atoms with van der Waals surface area (Å²) < 4.78 is 0. The first-order chi connectivity index (χ1) is 12.0. The smallest absolute Gasteiger partial charge is 0.335 e. The molecule has 4 heterocycles. The number of urea groups is 1. The molecule has 25 heavy (non-hydrogen) atoms. The molecule has 8 nitrogen and oxygen atoms in total. The Hall–Kier alpha value is -3.16. The predicted octanol–water partition coefficient (Wildman–Crippen LogP) is 2.11. The molecule has 1 unspecified atom stereocenters. The third-order valence-corrected chi connectivity index (χ3v) is 4.55. The van der Waals surface area contributed by atoms with Crippen LogP contribution in [0.3, 0.4) is 0 Å². The molecular formula is C17H17N5O3. The van der Waals surface area contributed by atoms with Gasteiger partial charge >= 0.3 is 12.0 Å². The lowest BCUT2D eigenvalue weighted by Crippen LogP contribution is -2.48. The van der Waals surface area contributed by atoms with Crippen molar-refractivity contribution in [2.75, 3.05) is 28.2 Å². The van der Waals surface area contributed by atoms with Gasteiger partial charge < -0.3 is 10.0 Å². The lowest BCUT2D eigenvalue weighted by Gasteiger charge is -2.35. The largest absolute Gasteiger partial charge is 0.478 e. The van der Waals surface area contributed by atoms with E-state index in [1.54, 1.807) is 4.90 Å². The fourth-order valence-electron chi connectivity index (χ4n) is 3.37. The predicted molar refractivity (Wildman–Crippen MR) is 92.3 cm³/mol. The van der Waals surface area contributed by atoms with Gasteiger partial charge in [-0.3, -0.25) is 10.2 Å². The minimum Gasteiger partial charge on any atom is -0.478 e. The topological polar surface area (TPSA) is 98.7 Å². The Morgan fingerprint density at radius 2 is 2.16 bits per heavy atom. The summed E-state index contributed by atoms with van der Waals surface area (Å²) in [7, 11) is 0. The van der Waals surface area contributed by atoms with Crippen molar-refractivity contribution in [3.63, 3.8) is 0 Å². The van der Waals surface area contributed by atoms with Crippen LogP contribution in [0.4, 0.5) is 22.1 Å². The first-order valence-electron chi connectivity index (χ1n) is 8.05. The number of amides is 2. The molecule has 2 N–H and O–H groups in total. The third kappa shape index (κ3) is 2.65. The Morgan fingerprint density at radius 3 is 2.96 bits per heavy atom. The maximum Gasteiger partial charge on any atom is 0.335 e. The number of aromatic nitrogens is 2. The number of nitrogens with one attached hydrogen (secondary N) is 1. The van der Waals surface area contributed by atoms with E-state index in [0.29, 0.717) is 5.82 Å². The molecule has 1 fully saturated rings. The highest BCUT2D eigenvalue weighted by Crippen LogP contribution is 2.38. The molecule has 1 saturated heterocycles. The highest BCUT2D eigenvalue weighted by Gasteiger charge is 2.40. The minimum absolute atomic E-state index is 0.0458. The summed E-state index contributed by atoms with van der Waals surface area (Å²) in [5.74, 6) is -0.217. The number of fused-ring (bicyclic) bond motifs is 4. The van der Waals surface area contributed by atoms with Gasteiger partial charge in [0.2, 0.25) is 0 Å². The minimum atomic E-state index is -1.06. The van der Waals surface area contributed by atoms with Crippen molar-refractivity contribution in [2.24, 2.45) is 0 Å². The van der Waals surface area contributed by atoms with E-state index in [2.05, 4.69) is 20.2 Å². The molecule has 0 spiro atoms. The number of carboxylic acid groups (broad SMARTS) is 1. The summed E-state index contributed by atoms with van der Waals surface area (Å²) in [5, 5.41) is 11.8. The number of carbonyl (C=O) groups is 2. The monoisotopic (exact) mass is 339 g/mol. The number of carbonyl (C=O) groups excluding carboxylic acids is 1. The van der Waals surface area contributed by atoms with Crippen LogP contribution in [0.1, 0.15) is 22.5 Å². The van der Waals surface area contributed by atoms with E-state index >= 15 is 0 Å². The number of anilines is 3. The fraction of sp³-hybridized carbons (Fsp3) is 0.294. The zero-order valence-corrected chi connectivity index (χ0v) is 13.6. The normalized spacial score (nSPS) is 18.0. The molecule has 0 aliphatic carbocycles. The van der Waals surface area contributed by atoms with Crippen LogP contribution in [0.15, 0.2) is 30.5 Å². The van der Waals surface area contributed by atoms with Gasteiger partial charge in [0.05, 0.1) is 17.3 Å². The average Bonchev–Trinajstić information content (AvgIpc) is 2.99. The summed E-state index contributed by atoms with van der Waals surface area (Å²) in [4.78, 5) is 36.5. The first-order valence-corrected chi connectivity index (χ1v) is 8.05. The van der Waals surface area contributed by atoms with Gasteiger partial charge in [0.1, 0.15) is 5.82 Å². The summed E-state index contributed by atoms with van der Waals surface area (Å²) >= 11 is 0. The van der Waals surface area contributed by atoms with Gasteiger partial charge in [0, 0.05) is 25.0 Å². The summed E-state index contributed by atoms with van der Waals surface area (Å²) in [6.07, 6.45) is 2.23. The van der Waals surface area contributed by atoms with Crippen molar-refractivity contribution in [3.8, 4) is 0 Å². The number of pyridine rings is 2. The zero-order chi connectivity index (χ0) is 17.6. The molecule has 0 radical (unpaired) electrons. The van der Waals surface area contributed by atoms with Crippen LogP contribution in [0.2, 0.25) is 0 Å². The highest BCUT2D eigenvalue weighted by molar-refractivity contribution is 6.04. The number of aryl methyl sites for hydroxylation is 1. The van der Waals surface area contributed by atoms with Crippen molar-refractivity contribution in [1.82, 2.24) is 9.97 Å². The number of aromatic carboxylic acids is 1. The molecule has 1 atom stereocenters. The Balaban J connectivity index is 1.65. The molecule has 4 rings (SSSR count). The lowest BCUT2D eigenvalue weighted by molar-refractivity contribution is 0.0696. The van der Waals surface area contributed by atoms with E-state index in [4.69, 9.17) is 5.11 Å². The summed E-state index contributed by atoms with van der Waals surface area (Å²) in [6, 6.07) is 6.35. The van der Waals surface area contributed by atoms with Crippen LogP contribution >= 0.6 is 0 Å². The van der Waals surface area contributed by atoms with Crippen LogP contribution in [0.5, 0.6) is 0 Å². The highest BCUT2D eigenvalue weighted by atomic mass is 16.4. The van der Waals surface area contributed by atoms with Crippen LogP contribution < -0.4 is 15.1 Å². The molecule has 0 aromatic carbocycles. The fourth-order valence-corrected chi connectivity index (χ4v) is 3.37. The molecule has 2 aliphatic heterocycles. The molecule has 2 aromatic rings. The summed E-state index contributed by atoms with van der Waals surface area (Å²) in [5.41, 5.74) is 1.86. The zero-order valence-electron chi connectivity index (χ0n) is 13.6. The number of nitrogens with zero attached hydrogens (tertiary/aromatic N) is 4. The van der Waals surface area contributed by atoms with Crippen molar-refractivity contribution in [3.05, 3.63) is 41.7 Å². The van der Waals surface area contributed by atoms with Crippen LogP contribution in [0.25, 0.3) is 0 Å². The van der Waals surface area contributed by atoms with E-state index in [9.17, 15) is 9.59 Å². The van der Waals surface area contributed by atoms with Crippen LogP contribution in [-0.2, 0) is 0 Å². The van der Waals surface area contributed by atoms with E-state index in [-0.39, 0.29) is 23.5 Å². The van der Waals surface area contributed by atoms with Crippen molar-refractivity contribution >= 4 is 29.3 Å². The molecule has 128 valence electrons.